The third-order valence-corrected chi connectivity index (χ3v) is 2.78. The maximum absolute atomic E-state index is 11.7. The molecule has 0 radical (unpaired) electrons. The highest BCUT2D eigenvalue weighted by Gasteiger charge is 2.04. The second-order valence-corrected chi connectivity index (χ2v) is 4.72. The van der Waals surface area contributed by atoms with E-state index in [2.05, 4.69) is 26.6 Å². The monoisotopic (exact) mass is 323 g/mol. The SMILES string of the molecule is N#CCC(=O)NCCCNC(=O)c1cccc(Br)c1. The summed E-state index contributed by atoms with van der Waals surface area (Å²) in [7, 11) is 0. The number of amides is 2. The lowest BCUT2D eigenvalue weighted by molar-refractivity contribution is -0.120. The van der Waals surface area contributed by atoms with Crippen molar-refractivity contribution in [3.63, 3.8) is 0 Å². The first kappa shape index (κ1) is 15.2. The second-order valence-electron chi connectivity index (χ2n) is 3.80. The zero-order valence-corrected chi connectivity index (χ0v) is 11.9. The molecule has 0 heterocycles. The van der Waals surface area contributed by atoms with E-state index < -0.39 is 0 Å². The van der Waals surface area contributed by atoms with E-state index >= 15 is 0 Å². The number of benzene rings is 1. The highest BCUT2D eigenvalue weighted by molar-refractivity contribution is 9.10. The van der Waals surface area contributed by atoms with Gasteiger partial charge in [0.05, 0.1) is 6.07 Å². The third kappa shape index (κ3) is 6.02. The molecule has 6 heteroatoms. The molecule has 19 heavy (non-hydrogen) atoms. The van der Waals surface area contributed by atoms with E-state index in [0.29, 0.717) is 25.1 Å². The van der Waals surface area contributed by atoms with Crippen molar-refractivity contribution in [3.05, 3.63) is 34.3 Å². The zero-order valence-electron chi connectivity index (χ0n) is 10.3. The van der Waals surface area contributed by atoms with E-state index in [-0.39, 0.29) is 18.2 Å². The molecule has 5 nitrogen and oxygen atoms in total. The lowest BCUT2D eigenvalue weighted by atomic mass is 10.2. The van der Waals surface area contributed by atoms with E-state index in [4.69, 9.17) is 5.26 Å². The molecule has 2 N–H and O–H groups in total. The molecule has 0 spiro atoms. The van der Waals surface area contributed by atoms with E-state index in [0.717, 1.165) is 4.47 Å². The molecular weight excluding hydrogens is 310 g/mol. The van der Waals surface area contributed by atoms with Gasteiger partial charge in [0.15, 0.2) is 0 Å². The predicted octanol–water partition coefficient (Wildman–Crippen LogP) is 1.60. The maximum atomic E-state index is 11.7. The van der Waals surface area contributed by atoms with Gasteiger partial charge in [0.1, 0.15) is 6.42 Å². The van der Waals surface area contributed by atoms with Gasteiger partial charge >= 0.3 is 0 Å². The van der Waals surface area contributed by atoms with Crippen LogP contribution in [0.15, 0.2) is 28.7 Å². The van der Waals surface area contributed by atoms with Crippen LogP contribution in [-0.2, 0) is 4.79 Å². The minimum Gasteiger partial charge on any atom is -0.355 e. The fourth-order valence-electron chi connectivity index (χ4n) is 1.38. The summed E-state index contributed by atoms with van der Waals surface area (Å²) in [4.78, 5) is 22.7. The van der Waals surface area contributed by atoms with E-state index in [9.17, 15) is 9.59 Å². The van der Waals surface area contributed by atoms with Crippen LogP contribution in [0, 0.1) is 11.3 Å². The molecular formula is C13H14BrN3O2. The molecule has 0 aliphatic heterocycles. The molecule has 0 saturated carbocycles. The number of hydrogen-bond acceptors (Lipinski definition) is 3. The van der Waals surface area contributed by atoms with Crippen LogP contribution >= 0.6 is 15.9 Å². The Morgan fingerprint density at radius 3 is 2.68 bits per heavy atom. The lowest BCUT2D eigenvalue weighted by Gasteiger charge is -2.06. The summed E-state index contributed by atoms with van der Waals surface area (Å²) in [5.74, 6) is -0.439. The largest absolute Gasteiger partial charge is 0.355 e. The van der Waals surface area contributed by atoms with Crippen molar-refractivity contribution in [2.24, 2.45) is 0 Å². The average molecular weight is 324 g/mol. The highest BCUT2D eigenvalue weighted by Crippen LogP contribution is 2.11. The minimum atomic E-state index is -0.291. The Balaban J connectivity index is 2.21. The number of nitriles is 1. The Morgan fingerprint density at radius 2 is 2.00 bits per heavy atom. The maximum Gasteiger partial charge on any atom is 0.251 e. The van der Waals surface area contributed by atoms with Gasteiger partial charge in [-0.15, -0.1) is 0 Å². The summed E-state index contributed by atoms with van der Waals surface area (Å²) in [6, 6.07) is 8.88. The van der Waals surface area contributed by atoms with Crippen molar-refractivity contribution in [3.8, 4) is 6.07 Å². The number of halogens is 1. The number of rotatable bonds is 6. The van der Waals surface area contributed by atoms with Crippen LogP contribution in [0.5, 0.6) is 0 Å². The Hall–Kier alpha value is -1.87. The molecule has 1 aromatic carbocycles. The molecule has 0 aliphatic carbocycles. The third-order valence-electron chi connectivity index (χ3n) is 2.29. The summed E-state index contributed by atoms with van der Waals surface area (Å²) in [6.45, 7) is 0.914. The summed E-state index contributed by atoms with van der Waals surface area (Å²) < 4.78 is 0.851. The average Bonchev–Trinajstić information content (AvgIpc) is 2.38. The summed E-state index contributed by atoms with van der Waals surface area (Å²) in [6.07, 6.45) is 0.487. The summed E-state index contributed by atoms with van der Waals surface area (Å²) >= 11 is 3.30. The first-order chi connectivity index (χ1) is 9.13. The number of hydrogen-bond donors (Lipinski definition) is 2. The van der Waals surface area contributed by atoms with Gasteiger partial charge in [-0.3, -0.25) is 9.59 Å². The van der Waals surface area contributed by atoms with E-state index in [1.807, 2.05) is 6.07 Å². The van der Waals surface area contributed by atoms with Crippen LogP contribution in [0.25, 0.3) is 0 Å². The molecule has 0 bridgehead atoms. The Morgan fingerprint density at radius 1 is 1.26 bits per heavy atom. The Labute approximate surface area is 120 Å². The second kappa shape index (κ2) is 8.27. The topological polar surface area (TPSA) is 82.0 Å². The number of nitrogens with one attached hydrogen (secondary N) is 2. The van der Waals surface area contributed by atoms with Gasteiger partial charge in [-0.05, 0) is 24.6 Å². The van der Waals surface area contributed by atoms with Crippen LogP contribution in [0.3, 0.4) is 0 Å². The summed E-state index contributed by atoms with van der Waals surface area (Å²) in [5.41, 5.74) is 0.586. The first-order valence-electron chi connectivity index (χ1n) is 5.81. The van der Waals surface area contributed by atoms with Crippen LogP contribution < -0.4 is 10.6 Å². The lowest BCUT2D eigenvalue weighted by Crippen LogP contribution is -2.29. The Bertz CT molecular complexity index is 497. The highest BCUT2D eigenvalue weighted by atomic mass is 79.9. The number of nitrogens with zero attached hydrogens (tertiary/aromatic N) is 1. The number of carbonyl (C=O) groups excluding carboxylic acids is 2. The van der Waals surface area contributed by atoms with Crippen LogP contribution in [-0.4, -0.2) is 24.9 Å². The molecule has 1 aromatic rings. The first-order valence-corrected chi connectivity index (χ1v) is 6.60. The molecule has 0 aromatic heterocycles. The smallest absolute Gasteiger partial charge is 0.251 e. The van der Waals surface area contributed by atoms with Crippen LogP contribution in [0.1, 0.15) is 23.2 Å². The molecule has 0 unspecified atom stereocenters. The van der Waals surface area contributed by atoms with Gasteiger partial charge in [-0.2, -0.15) is 5.26 Å². The predicted molar refractivity (Wildman–Crippen MR) is 74.3 cm³/mol. The van der Waals surface area contributed by atoms with Crippen LogP contribution in [0.4, 0.5) is 0 Å². The number of carbonyl (C=O) groups is 2. The molecule has 0 saturated heterocycles. The quantitative estimate of drug-likeness (QED) is 0.780. The normalized spacial score (nSPS) is 9.47. The van der Waals surface area contributed by atoms with Gasteiger partial charge in [-0.1, -0.05) is 22.0 Å². The van der Waals surface area contributed by atoms with Crippen molar-refractivity contribution in [1.82, 2.24) is 10.6 Å². The van der Waals surface area contributed by atoms with E-state index in [1.54, 1.807) is 24.3 Å². The van der Waals surface area contributed by atoms with Crippen molar-refractivity contribution in [1.29, 1.82) is 5.26 Å². The van der Waals surface area contributed by atoms with Gasteiger partial charge < -0.3 is 10.6 Å². The van der Waals surface area contributed by atoms with Gasteiger partial charge in [-0.25, -0.2) is 0 Å². The van der Waals surface area contributed by atoms with Crippen molar-refractivity contribution in [2.45, 2.75) is 12.8 Å². The minimum absolute atomic E-state index is 0.135. The molecule has 0 aliphatic rings. The van der Waals surface area contributed by atoms with Crippen molar-refractivity contribution >= 4 is 27.7 Å². The van der Waals surface area contributed by atoms with Gasteiger partial charge in [0.2, 0.25) is 5.91 Å². The zero-order chi connectivity index (χ0) is 14.1. The molecule has 0 fully saturated rings. The fraction of sp³-hybridized carbons (Fsp3) is 0.308. The van der Waals surface area contributed by atoms with Gasteiger partial charge in [0.25, 0.3) is 5.91 Å². The Kier molecular flexibility index (Phi) is 6.61. The van der Waals surface area contributed by atoms with Gasteiger partial charge in [0, 0.05) is 23.1 Å². The molecule has 1 rings (SSSR count). The van der Waals surface area contributed by atoms with E-state index in [1.165, 1.54) is 0 Å². The fourth-order valence-corrected chi connectivity index (χ4v) is 1.78. The molecule has 100 valence electrons. The summed E-state index contributed by atoms with van der Waals surface area (Å²) in [5, 5.41) is 13.6. The van der Waals surface area contributed by atoms with Crippen molar-refractivity contribution in [2.75, 3.05) is 13.1 Å². The van der Waals surface area contributed by atoms with Crippen LogP contribution in [0.2, 0.25) is 0 Å². The molecule has 2 amide bonds. The molecule has 0 atom stereocenters. The van der Waals surface area contributed by atoms with Crippen molar-refractivity contribution < 1.29 is 9.59 Å². The standard InChI is InChI=1S/C13H14BrN3O2/c14-11-4-1-3-10(9-11)13(19)17-8-2-7-16-12(18)5-6-15/h1,3-4,9H,2,5,7-8H2,(H,16,18)(H,17,19).